The van der Waals surface area contributed by atoms with E-state index in [0.717, 1.165) is 25.3 Å². The number of hydrogen-bond donors (Lipinski definition) is 1. The monoisotopic (exact) mass is 233 g/mol. The van der Waals surface area contributed by atoms with Gasteiger partial charge >= 0.3 is 0 Å². The number of benzene rings is 1. The fraction of sp³-hybridized carbons (Fsp3) is 0.600. The molecule has 1 aromatic rings. The van der Waals surface area contributed by atoms with Crippen LogP contribution >= 0.6 is 0 Å². The molecular formula is C15H23NO. The highest BCUT2D eigenvalue weighted by Crippen LogP contribution is 2.30. The van der Waals surface area contributed by atoms with Gasteiger partial charge in [0.25, 0.3) is 0 Å². The second-order valence-corrected chi connectivity index (χ2v) is 5.46. The first-order valence-corrected chi connectivity index (χ1v) is 6.61. The van der Waals surface area contributed by atoms with Crippen molar-refractivity contribution in [1.29, 1.82) is 0 Å². The van der Waals surface area contributed by atoms with Gasteiger partial charge in [0.2, 0.25) is 0 Å². The van der Waals surface area contributed by atoms with Crippen molar-refractivity contribution in [3.05, 3.63) is 30.3 Å². The number of para-hydroxylation sites is 1. The molecule has 0 spiro atoms. The van der Waals surface area contributed by atoms with Gasteiger partial charge in [-0.05, 0) is 37.3 Å². The summed E-state index contributed by atoms with van der Waals surface area (Å²) in [6.45, 7) is 3.25. The topological polar surface area (TPSA) is 23.5 Å². The van der Waals surface area contributed by atoms with Crippen molar-refractivity contribution in [3.63, 3.8) is 0 Å². The Hall–Kier alpha value is -1.02. The third kappa shape index (κ3) is 3.22. The summed E-state index contributed by atoms with van der Waals surface area (Å²) in [7, 11) is 2.11. The molecule has 0 amide bonds. The lowest BCUT2D eigenvalue weighted by atomic mass is 9.80. The van der Waals surface area contributed by atoms with Crippen LogP contribution in [0.25, 0.3) is 0 Å². The van der Waals surface area contributed by atoms with Crippen molar-refractivity contribution in [2.75, 3.05) is 18.5 Å². The first-order valence-electron chi connectivity index (χ1n) is 6.61. The van der Waals surface area contributed by atoms with Gasteiger partial charge in [-0.2, -0.15) is 0 Å². The number of hydrogen-bond acceptors (Lipinski definition) is 2. The van der Waals surface area contributed by atoms with Gasteiger partial charge in [-0.3, -0.25) is 0 Å². The van der Waals surface area contributed by atoms with E-state index in [1.165, 1.54) is 12.1 Å². The molecule has 1 fully saturated rings. The fourth-order valence-electron chi connectivity index (χ4n) is 2.82. The van der Waals surface area contributed by atoms with Gasteiger partial charge in [0.05, 0.1) is 6.10 Å². The Morgan fingerprint density at radius 2 is 1.94 bits per heavy atom. The molecule has 0 heterocycles. The van der Waals surface area contributed by atoms with E-state index in [1.807, 2.05) is 6.07 Å². The second-order valence-electron chi connectivity index (χ2n) is 5.46. The second kappa shape index (κ2) is 5.54. The number of anilines is 1. The SMILES string of the molecule is CC1CCC(O)C(CN(C)c2ccccc2)C1. The minimum absolute atomic E-state index is 0.114. The number of aliphatic hydroxyl groups excluding tert-OH is 1. The molecule has 0 aliphatic heterocycles. The summed E-state index contributed by atoms with van der Waals surface area (Å²) in [6, 6.07) is 10.4. The molecule has 1 aliphatic rings. The fourth-order valence-corrected chi connectivity index (χ4v) is 2.82. The lowest BCUT2D eigenvalue weighted by molar-refractivity contribution is 0.0556. The highest BCUT2D eigenvalue weighted by atomic mass is 16.3. The molecule has 1 saturated carbocycles. The highest BCUT2D eigenvalue weighted by Gasteiger charge is 2.27. The maximum atomic E-state index is 10.1. The van der Waals surface area contributed by atoms with Crippen molar-refractivity contribution in [2.45, 2.75) is 32.3 Å². The first-order chi connectivity index (χ1) is 8.16. The standard InChI is InChI=1S/C15H23NO/c1-12-8-9-15(17)13(10-12)11-16(2)14-6-4-3-5-7-14/h3-7,12-13,15,17H,8-11H2,1-2H3. The van der Waals surface area contributed by atoms with Crippen LogP contribution < -0.4 is 4.90 Å². The van der Waals surface area contributed by atoms with Crippen LogP contribution in [0.4, 0.5) is 5.69 Å². The molecule has 0 radical (unpaired) electrons. The van der Waals surface area contributed by atoms with Gasteiger partial charge in [0, 0.05) is 25.2 Å². The Kier molecular flexibility index (Phi) is 4.06. The zero-order valence-electron chi connectivity index (χ0n) is 10.8. The Bertz CT molecular complexity index is 338. The first kappa shape index (κ1) is 12.4. The Labute approximate surface area is 104 Å². The lowest BCUT2D eigenvalue weighted by Gasteiger charge is -2.35. The van der Waals surface area contributed by atoms with E-state index in [0.29, 0.717) is 5.92 Å². The third-order valence-corrected chi connectivity index (χ3v) is 3.91. The van der Waals surface area contributed by atoms with Gasteiger partial charge < -0.3 is 10.0 Å². The van der Waals surface area contributed by atoms with Crippen LogP contribution in [0.5, 0.6) is 0 Å². The van der Waals surface area contributed by atoms with E-state index in [1.54, 1.807) is 0 Å². The van der Waals surface area contributed by atoms with Crippen LogP contribution in [0.2, 0.25) is 0 Å². The van der Waals surface area contributed by atoms with Crippen molar-refractivity contribution < 1.29 is 5.11 Å². The maximum Gasteiger partial charge on any atom is 0.0585 e. The third-order valence-electron chi connectivity index (χ3n) is 3.91. The van der Waals surface area contributed by atoms with Crippen LogP contribution in [-0.2, 0) is 0 Å². The van der Waals surface area contributed by atoms with Gasteiger partial charge in [-0.15, -0.1) is 0 Å². The summed E-state index contributed by atoms with van der Waals surface area (Å²) in [4.78, 5) is 2.26. The molecule has 1 aromatic carbocycles. The van der Waals surface area contributed by atoms with Crippen molar-refractivity contribution >= 4 is 5.69 Å². The van der Waals surface area contributed by atoms with Crippen molar-refractivity contribution in [3.8, 4) is 0 Å². The minimum Gasteiger partial charge on any atom is -0.393 e. The summed E-state index contributed by atoms with van der Waals surface area (Å²) >= 11 is 0. The van der Waals surface area contributed by atoms with Gasteiger partial charge in [0.1, 0.15) is 0 Å². The Balaban J connectivity index is 1.96. The van der Waals surface area contributed by atoms with Gasteiger partial charge in [0.15, 0.2) is 0 Å². The summed E-state index contributed by atoms with van der Waals surface area (Å²) in [6.07, 6.45) is 3.18. The zero-order valence-corrected chi connectivity index (χ0v) is 10.8. The van der Waals surface area contributed by atoms with E-state index >= 15 is 0 Å². The van der Waals surface area contributed by atoms with E-state index < -0.39 is 0 Å². The molecule has 2 nitrogen and oxygen atoms in total. The normalized spacial score (nSPS) is 29.0. The summed E-state index contributed by atoms with van der Waals surface area (Å²) < 4.78 is 0. The summed E-state index contributed by atoms with van der Waals surface area (Å²) in [5.74, 6) is 1.18. The van der Waals surface area contributed by atoms with Crippen LogP contribution in [0.1, 0.15) is 26.2 Å². The molecule has 3 atom stereocenters. The van der Waals surface area contributed by atoms with Gasteiger partial charge in [-0.25, -0.2) is 0 Å². The predicted octanol–water partition coefficient (Wildman–Crippen LogP) is 2.92. The highest BCUT2D eigenvalue weighted by molar-refractivity contribution is 5.45. The summed E-state index contributed by atoms with van der Waals surface area (Å²) in [5, 5.41) is 10.1. The van der Waals surface area contributed by atoms with E-state index in [2.05, 4.69) is 43.1 Å². The van der Waals surface area contributed by atoms with E-state index in [4.69, 9.17) is 0 Å². The number of aliphatic hydroxyl groups is 1. The van der Waals surface area contributed by atoms with Crippen LogP contribution in [-0.4, -0.2) is 24.8 Å². The quantitative estimate of drug-likeness (QED) is 0.867. The maximum absolute atomic E-state index is 10.1. The molecule has 0 bridgehead atoms. The molecule has 0 aromatic heterocycles. The van der Waals surface area contributed by atoms with Crippen LogP contribution in [0, 0.1) is 11.8 Å². The lowest BCUT2D eigenvalue weighted by Crippen LogP contribution is -2.37. The largest absolute Gasteiger partial charge is 0.393 e. The minimum atomic E-state index is -0.114. The van der Waals surface area contributed by atoms with E-state index in [9.17, 15) is 5.11 Å². The van der Waals surface area contributed by atoms with Crippen molar-refractivity contribution in [1.82, 2.24) is 0 Å². The molecule has 2 heteroatoms. The molecule has 1 aliphatic carbocycles. The predicted molar refractivity (Wildman–Crippen MR) is 72.2 cm³/mol. The average Bonchev–Trinajstić information content (AvgIpc) is 2.35. The number of nitrogens with zero attached hydrogens (tertiary/aromatic N) is 1. The average molecular weight is 233 g/mol. The Morgan fingerprint density at radius 3 is 2.65 bits per heavy atom. The molecule has 17 heavy (non-hydrogen) atoms. The molecule has 94 valence electrons. The number of rotatable bonds is 3. The van der Waals surface area contributed by atoms with Crippen molar-refractivity contribution in [2.24, 2.45) is 11.8 Å². The van der Waals surface area contributed by atoms with Crippen LogP contribution in [0.15, 0.2) is 30.3 Å². The molecule has 2 rings (SSSR count). The molecule has 0 saturated heterocycles. The van der Waals surface area contributed by atoms with Crippen LogP contribution in [0.3, 0.4) is 0 Å². The molecule has 1 N–H and O–H groups in total. The Morgan fingerprint density at radius 1 is 1.24 bits per heavy atom. The summed E-state index contributed by atoms with van der Waals surface area (Å²) in [5.41, 5.74) is 1.23. The molecule has 3 unspecified atom stereocenters. The molecular weight excluding hydrogens is 210 g/mol. The smallest absolute Gasteiger partial charge is 0.0585 e. The van der Waals surface area contributed by atoms with Gasteiger partial charge in [-0.1, -0.05) is 25.1 Å². The zero-order chi connectivity index (χ0) is 12.3. The van der Waals surface area contributed by atoms with E-state index in [-0.39, 0.29) is 6.10 Å².